The van der Waals surface area contributed by atoms with E-state index in [0.717, 1.165) is 28.5 Å². The minimum Gasteiger partial charge on any atom is -0.496 e. The Hall–Kier alpha value is -2.30. The molecule has 0 spiro atoms. The predicted octanol–water partition coefficient (Wildman–Crippen LogP) is 3.11. The van der Waals surface area contributed by atoms with Crippen LogP contribution in [0.3, 0.4) is 0 Å². The third kappa shape index (κ3) is 3.42. The van der Waals surface area contributed by atoms with Gasteiger partial charge in [0.05, 0.1) is 7.11 Å². The molecule has 0 aliphatic rings. The van der Waals surface area contributed by atoms with E-state index >= 15 is 0 Å². The number of aromatic nitrogens is 2. The van der Waals surface area contributed by atoms with Crippen LogP contribution < -0.4 is 15.8 Å². The molecule has 0 radical (unpaired) electrons. The van der Waals surface area contributed by atoms with Gasteiger partial charge in [-0.05, 0) is 13.0 Å². The number of hydrogen-bond acceptors (Lipinski definition) is 5. The SMILES string of the molecule is COc1ccccc1CNc1nc(C(C)C)nc(N)c1C. The van der Waals surface area contributed by atoms with Crippen molar-refractivity contribution in [3.05, 3.63) is 41.2 Å². The quantitative estimate of drug-likeness (QED) is 0.883. The first kappa shape index (κ1) is 15.1. The van der Waals surface area contributed by atoms with Gasteiger partial charge >= 0.3 is 0 Å². The molecule has 0 aliphatic heterocycles. The van der Waals surface area contributed by atoms with E-state index in [0.29, 0.717) is 12.4 Å². The number of nitrogens with one attached hydrogen (secondary N) is 1. The topological polar surface area (TPSA) is 73.1 Å². The van der Waals surface area contributed by atoms with Crippen LogP contribution in [0.4, 0.5) is 11.6 Å². The van der Waals surface area contributed by atoms with E-state index in [1.807, 2.05) is 45.0 Å². The molecule has 112 valence electrons. The van der Waals surface area contributed by atoms with Crippen LogP contribution in [0.15, 0.2) is 24.3 Å². The van der Waals surface area contributed by atoms with Gasteiger partial charge in [-0.3, -0.25) is 0 Å². The second kappa shape index (κ2) is 6.43. The summed E-state index contributed by atoms with van der Waals surface area (Å²) in [6.45, 7) is 6.64. The van der Waals surface area contributed by atoms with Crippen molar-refractivity contribution in [2.24, 2.45) is 0 Å². The van der Waals surface area contributed by atoms with Crippen LogP contribution in [-0.4, -0.2) is 17.1 Å². The van der Waals surface area contributed by atoms with E-state index in [-0.39, 0.29) is 5.92 Å². The van der Waals surface area contributed by atoms with E-state index in [1.54, 1.807) is 7.11 Å². The summed E-state index contributed by atoms with van der Waals surface area (Å²) >= 11 is 0. The van der Waals surface area contributed by atoms with Gasteiger partial charge in [0.25, 0.3) is 0 Å². The maximum Gasteiger partial charge on any atom is 0.135 e. The highest BCUT2D eigenvalue weighted by Crippen LogP contribution is 2.23. The monoisotopic (exact) mass is 286 g/mol. The van der Waals surface area contributed by atoms with Crippen molar-refractivity contribution in [3.63, 3.8) is 0 Å². The van der Waals surface area contributed by atoms with Gasteiger partial charge in [0.2, 0.25) is 0 Å². The molecule has 0 bridgehead atoms. The number of hydrogen-bond donors (Lipinski definition) is 2. The third-order valence-electron chi connectivity index (χ3n) is 3.36. The number of para-hydroxylation sites is 1. The number of nitrogen functional groups attached to an aromatic ring is 1. The van der Waals surface area contributed by atoms with Crippen LogP contribution in [0.2, 0.25) is 0 Å². The van der Waals surface area contributed by atoms with Gasteiger partial charge in [-0.15, -0.1) is 0 Å². The highest BCUT2D eigenvalue weighted by molar-refractivity contribution is 5.55. The van der Waals surface area contributed by atoms with Crippen molar-refractivity contribution < 1.29 is 4.74 Å². The zero-order valence-electron chi connectivity index (χ0n) is 13.0. The number of nitrogens with zero attached hydrogens (tertiary/aromatic N) is 2. The Bertz CT molecular complexity index is 626. The average molecular weight is 286 g/mol. The number of benzene rings is 1. The Labute approximate surface area is 125 Å². The predicted molar refractivity (Wildman–Crippen MR) is 85.6 cm³/mol. The molecule has 0 fully saturated rings. The van der Waals surface area contributed by atoms with Crippen LogP contribution in [0.25, 0.3) is 0 Å². The summed E-state index contributed by atoms with van der Waals surface area (Å²) in [5, 5.41) is 3.33. The van der Waals surface area contributed by atoms with Crippen LogP contribution in [0.1, 0.15) is 36.7 Å². The lowest BCUT2D eigenvalue weighted by Crippen LogP contribution is -2.10. The first-order valence-corrected chi connectivity index (χ1v) is 7.02. The standard InChI is InChI=1S/C16H22N4O/c1-10(2)15-19-14(17)11(3)16(20-15)18-9-12-7-5-6-8-13(12)21-4/h5-8,10H,9H2,1-4H3,(H3,17,18,19,20). The number of anilines is 2. The van der Waals surface area contributed by atoms with Gasteiger partial charge in [0, 0.05) is 23.6 Å². The molecule has 0 atom stereocenters. The van der Waals surface area contributed by atoms with Gasteiger partial charge in [-0.1, -0.05) is 32.0 Å². The molecular weight excluding hydrogens is 264 g/mol. The van der Waals surface area contributed by atoms with Crippen LogP contribution >= 0.6 is 0 Å². The molecule has 5 heteroatoms. The third-order valence-corrected chi connectivity index (χ3v) is 3.36. The Kier molecular flexibility index (Phi) is 4.62. The Morgan fingerprint density at radius 1 is 1.24 bits per heavy atom. The molecule has 0 saturated carbocycles. The second-order valence-corrected chi connectivity index (χ2v) is 5.26. The highest BCUT2D eigenvalue weighted by Gasteiger charge is 2.11. The van der Waals surface area contributed by atoms with Crippen molar-refractivity contribution in [1.29, 1.82) is 0 Å². The Morgan fingerprint density at radius 3 is 2.62 bits per heavy atom. The zero-order valence-corrected chi connectivity index (χ0v) is 13.0. The van der Waals surface area contributed by atoms with E-state index in [2.05, 4.69) is 15.3 Å². The number of methoxy groups -OCH3 is 1. The normalized spacial score (nSPS) is 10.7. The minimum atomic E-state index is 0.236. The summed E-state index contributed by atoms with van der Waals surface area (Å²) in [5.41, 5.74) is 7.91. The summed E-state index contributed by atoms with van der Waals surface area (Å²) in [6.07, 6.45) is 0. The van der Waals surface area contributed by atoms with Gasteiger partial charge in [0.1, 0.15) is 23.2 Å². The zero-order chi connectivity index (χ0) is 15.4. The molecule has 0 amide bonds. The average Bonchev–Trinajstić information content (AvgIpc) is 2.48. The fraction of sp³-hybridized carbons (Fsp3) is 0.375. The summed E-state index contributed by atoms with van der Waals surface area (Å²) < 4.78 is 5.35. The first-order chi connectivity index (χ1) is 10.0. The maximum absolute atomic E-state index is 5.97. The minimum absolute atomic E-state index is 0.236. The van der Waals surface area contributed by atoms with Gasteiger partial charge in [-0.25, -0.2) is 9.97 Å². The van der Waals surface area contributed by atoms with Crippen LogP contribution in [0.5, 0.6) is 5.75 Å². The summed E-state index contributed by atoms with van der Waals surface area (Å²) in [7, 11) is 1.67. The Morgan fingerprint density at radius 2 is 1.95 bits per heavy atom. The molecule has 1 aromatic carbocycles. The van der Waals surface area contributed by atoms with Gasteiger partial charge in [0.15, 0.2) is 0 Å². The van der Waals surface area contributed by atoms with Crippen LogP contribution in [0, 0.1) is 6.92 Å². The lowest BCUT2D eigenvalue weighted by atomic mass is 10.2. The molecular formula is C16H22N4O. The van der Waals surface area contributed by atoms with Crippen LogP contribution in [-0.2, 0) is 6.54 Å². The molecule has 0 unspecified atom stereocenters. The lowest BCUT2D eigenvalue weighted by molar-refractivity contribution is 0.410. The molecule has 1 aromatic heterocycles. The van der Waals surface area contributed by atoms with Crippen molar-refractivity contribution in [3.8, 4) is 5.75 Å². The second-order valence-electron chi connectivity index (χ2n) is 5.26. The Balaban J connectivity index is 2.23. The largest absolute Gasteiger partial charge is 0.496 e. The summed E-state index contributed by atoms with van der Waals surface area (Å²) in [6, 6.07) is 7.90. The number of nitrogens with two attached hydrogens (primary N) is 1. The molecule has 5 nitrogen and oxygen atoms in total. The highest BCUT2D eigenvalue weighted by atomic mass is 16.5. The lowest BCUT2D eigenvalue weighted by Gasteiger charge is -2.14. The molecule has 2 aromatic rings. The van der Waals surface area contributed by atoms with E-state index < -0.39 is 0 Å². The van der Waals surface area contributed by atoms with Crippen molar-refractivity contribution in [2.75, 3.05) is 18.2 Å². The molecule has 2 rings (SSSR count). The van der Waals surface area contributed by atoms with E-state index in [1.165, 1.54) is 0 Å². The fourth-order valence-corrected chi connectivity index (χ4v) is 2.01. The maximum atomic E-state index is 5.97. The van der Waals surface area contributed by atoms with Gasteiger partial charge in [-0.2, -0.15) is 0 Å². The van der Waals surface area contributed by atoms with E-state index in [4.69, 9.17) is 10.5 Å². The fourth-order valence-electron chi connectivity index (χ4n) is 2.01. The van der Waals surface area contributed by atoms with E-state index in [9.17, 15) is 0 Å². The molecule has 0 saturated heterocycles. The molecule has 0 aliphatic carbocycles. The summed E-state index contributed by atoms with van der Waals surface area (Å²) in [5.74, 6) is 3.14. The molecule has 1 heterocycles. The number of rotatable bonds is 5. The first-order valence-electron chi connectivity index (χ1n) is 7.02. The van der Waals surface area contributed by atoms with Crippen molar-refractivity contribution >= 4 is 11.6 Å². The summed E-state index contributed by atoms with van der Waals surface area (Å²) in [4.78, 5) is 8.88. The molecule has 21 heavy (non-hydrogen) atoms. The van der Waals surface area contributed by atoms with Crippen molar-refractivity contribution in [1.82, 2.24) is 9.97 Å². The molecule has 3 N–H and O–H groups in total. The van der Waals surface area contributed by atoms with Crippen molar-refractivity contribution in [2.45, 2.75) is 33.2 Å². The van der Waals surface area contributed by atoms with Gasteiger partial charge < -0.3 is 15.8 Å². The smallest absolute Gasteiger partial charge is 0.135 e. The number of ether oxygens (including phenoxy) is 1.